The fraction of sp³-hybridized carbons (Fsp3) is 0.222. The normalized spacial score (nSPS) is 16.7. The molecule has 0 radical (unpaired) electrons. The van der Waals surface area contributed by atoms with Gasteiger partial charge in [-0.25, -0.2) is 0 Å². The number of rotatable bonds is 3. The average Bonchev–Trinajstić information content (AvgIpc) is 3.10. The molecule has 0 fully saturated rings. The Hall–Kier alpha value is -2.42. The van der Waals surface area contributed by atoms with Crippen LogP contribution in [0.2, 0.25) is 0 Å². The predicted molar refractivity (Wildman–Crippen MR) is 83.1 cm³/mol. The van der Waals surface area contributed by atoms with Crippen molar-refractivity contribution in [3.05, 3.63) is 60.3 Å². The summed E-state index contributed by atoms with van der Waals surface area (Å²) < 4.78 is 13.6. The lowest BCUT2D eigenvalue weighted by Crippen LogP contribution is -2.20. The van der Waals surface area contributed by atoms with Crippen LogP contribution in [0.1, 0.15) is 5.56 Å². The molecule has 3 heteroatoms. The van der Waals surface area contributed by atoms with Gasteiger partial charge in [0.2, 0.25) is 0 Å². The highest BCUT2D eigenvalue weighted by Gasteiger charge is 2.22. The van der Waals surface area contributed by atoms with Crippen LogP contribution in [-0.2, 0) is 13.0 Å². The molecular formula is C18H17NO2. The first-order valence-corrected chi connectivity index (χ1v) is 7.21. The summed E-state index contributed by atoms with van der Waals surface area (Å²) in [5, 5.41) is 1.20. The Morgan fingerprint density at radius 1 is 1.19 bits per heavy atom. The van der Waals surface area contributed by atoms with Crippen LogP contribution in [-0.4, -0.2) is 17.8 Å². The summed E-state index contributed by atoms with van der Waals surface area (Å²) >= 11 is 0. The number of hydrogen-bond donors (Lipinski definition) is 0. The van der Waals surface area contributed by atoms with Crippen molar-refractivity contribution in [2.75, 3.05) is 7.11 Å². The quantitative estimate of drug-likeness (QED) is 0.730. The highest BCUT2D eigenvalue weighted by Crippen LogP contribution is 2.30. The molecule has 3 aromatic rings. The van der Waals surface area contributed by atoms with Crippen LogP contribution >= 0.6 is 0 Å². The van der Waals surface area contributed by atoms with Gasteiger partial charge in [0.15, 0.2) is 0 Å². The Morgan fingerprint density at radius 3 is 2.95 bits per heavy atom. The minimum Gasteiger partial charge on any atom is -0.497 e. The summed E-state index contributed by atoms with van der Waals surface area (Å²) in [4.78, 5) is 0. The van der Waals surface area contributed by atoms with E-state index in [0.29, 0.717) is 0 Å². The maximum atomic E-state index is 6.03. The van der Waals surface area contributed by atoms with Gasteiger partial charge in [0.1, 0.15) is 17.6 Å². The van der Waals surface area contributed by atoms with Gasteiger partial charge in [0.05, 0.1) is 13.7 Å². The lowest BCUT2D eigenvalue weighted by molar-refractivity contribution is 0.211. The summed E-state index contributed by atoms with van der Waals surface area (Å²) in [7, 11) is 1.70. The lowest BCUT2D eigenvalue weighted by atomic mass is 10.1. The molecule has 0 saturated heterocycles. The monoisotopic (exact) mass is 279 g/mol. The molecule has 1 aromatic heterocycles. The number of fused-ring (bicyclic) bond motifs is 2. The summed E-state index contributed by atoms with van der Waals surface area (Å²) in [6, 6.07) is 16.6. The Morgan fingerprint density at radius 2 is 2.10 bits per heavy atom. The van der Waals surface area contributed by atoms with Crippen LogP contribution in [0.3, 0.4) is 0 Å². The maximum absolute atomic E-state index is 6.03. The maximum Gasteiger partial charge on any atom is 0.123 e. The van der Waals surface area contributed by atoms with Gasteiger partial charge in [-0.1, -0.05) is 18.2 Å². The average molecular weight is 279 g/mol. The lowest BCUT2D eigenvalue weighted by Gasteiger charge is -2.13. The smallest absolute Gasteiger partial charge is 0.123 e. The Labute approximate surface area is 123 Å². The van der Waals surface area contributed by atoms with E-state index in [1.807, 2.05) is 18.2 Å². The zero-order valence-corrected chi connectivity index (χ0v) is 12.0. The molecule has 1 atom stereocenters. The third-order valence-corrected chi connectivity index (χ3v) is 4.09. The Balaban J connectivity index is 1.59. The highest BCUT2D eigenvalue weighted by atomic mass is 16.5. The van der Waals surface area contributed by atoms with Crippen LogP contribution in [0.4, 0.5) is 0 Å². The summed E-state index contributed by atoms with van der Waals surface area (Å²) in [5.41, 5.74) is 2.52. The van der Waals surface area contributed by atoms with E-state index in [-0.39, 0.29) is 6.10 Å². The van der Waals surface area contributed by atoms with Crippen LogP contribution in [0.15, 0.2) is 54.7 Å². The molecule has 0 N–H and O–H groups in total. The summed E-state index contributed by atoms with van der Waals surface area (Å²) in [5.74, 6) is 1.92. The second-order valence-corrected chi connectivity index (χ2v) is 5.44. The van der Waals surface area contributed by atoms with E-state index in [2.05, 4.69) is 41.1 Å². The van der Waals surface area contributed by atoms with E-state index in [4.69, 9.17) is 9.47 Å². The minimum atomic E-state index is 0.208. The first kappa shape index (κ1) is 12.3. The van der Waals surface area contributed by atoms with Crippen LogP contribution < -0.4 is 9.47 Å². The van der Waals surface area contributed by atoms with E-state index in [1.165, 1.54) is 16.5 Å². The van der Waals surface area contributed by atoms with E-state index >= 15 is 0 Å². The molecule has 106 valence electrons. The molecule has 0 spiro atoms. The van der Waals surface area contributed by atoms with Crippen molar-refractivity contribution in [2.24, 2.45) is 0 Å². The molecule has 3 nitrogen and oxygen atoms in total. The standard InChI is InChI=1S/C18H17NO2/c1-20-15-6-7-17-13(10-15)8-9-19(17)12-16-11-14-4-2-3-5-18(14)21-16/h2-10,16H,11-12H2,1H3. The van der Waals surface area contributed by atoms with Crippen molar-refractivity contribution in [2.45, 2.75) is 19.1 Å². The van der Waals surface area contributed by atoms with Crippen molar-refractivity contribution in [3.63, 3.8) is 0 Å². The zero-order chi connectivity index (χ0) is 14.2. The van der Waals surface area contributed by atoms with Gasteiger partial charge in [-0.2, -0.15) is 0 Å². The van der Waals surface area contributed by atoms with Crippen molar-refractivity contribution < 1.29 is 9.47 Å². The van der Waals surface area contributed by atoms with Crippen LogP contribution in [0, 0.1) is 0 Å². The number of para-hydroxylation sites is 1. The molecule has 1 aliphatic rings. The number of methoxy groups -OCH3 is 1. The minimum absolute atomic E-state index is 0.208. The van der Waals surface area contributed by atoms with Crippen molar-refractivity contribution >= 4 is 10.9 Å². The molecule has 4 rings (SSSR count). The van der Waals surface area contributed by atoms with Gasteiger partial charge in [0.25, 0.3) is 0 Å². The number of nitrogens with zero attached hydrogens (tertiary/aromatic N) is 1. The third kappa shape index (κ3) is 2.15. The van der Waals surface area contributed by atoms with Gasteiger partial charge < -0.3 is 14.0 Å². The highest BCUT2D eigenvalue weighted by molar-refractivity contribution is 5.81. The predicted octanol–water partition coefficient (Wildman–Crippen LogP) is 3.65. The first-order chi connectivity index (χ1) is 10.3. The molecule has 0 aliphatic carbocycles. The second kappa shape index (κ2) is 4.85. The number of benzene rings is 2. The molecule has 0 saturated carbocycles. The van der Waals surface area contributed by atoms with Crippen molar-refractivity contribution in [1.82, 2.24) is 4.57 Å². The molecule has 21 heavy (non-hydrogen) atoms. The number of aromatic nitrogens is 1. The van der Waals surface area contributed by atoms with E-state index in [1.54, 1.807) is 7.11 Å². The fourth-order valence-corrected chi connectivity index (χ4v) is 3.04. The van der Waals surface area contributed by atoms with Gasteiger partial charge in [-0.3, -0.25) is 0 Å². The zero-order valence-electron chi connectivity index (χ0n) is 12.0. The molecule has 2 heterocycles. The summed E-state index contributed by atoms with van der Waals surface area (Å²) in [6.07, 6.45) is 3.31. The number of hydrogen-bond acceptors (Lipinski definition) is 2. The largest absolute Gasteiger partial charge is 0.497 e. The van der Waals surface area contributed by atoms with Crippen molar-refractivity contribution in [1.29, 1.82) is 0 Å². The molecule has 0 bridgehead atoms. The Bertz CT molecular complexity index is 766. The van der Waals surface area contributed by atoms with Gasteiger partial charge >= 0.3 is 0 Å². The third-order valence-electron chi connectivity index (χ3n) is 4.09. The molecule has 2 aromatic carbocycles. The van der Waals surface area contributed by atoms with Crippen LogP contribution in [0.5, 0.6) is 11.5 Å². The van der Waals surface area contributed by atoms with Crippen molar-refractivity contribution in [3.8, 4) is 11.5 Å². The molecule has 0 amide bonds. The van der Waals surface area contributed by atoms with E-state index in [9.17, 15) is 0 Å². The topological polar surface area (TPSA) is 23.4 Å². The van der Waals surface area contributed by atoms with Crippen LogP contribution in [0.25, 0.3) is 10.9 Å². The van der Waals surface area contributed by atoms with Gasteiger partial charge in [-0.05, 0) is 35.9 Å². The molecule has 1 aliphatic heterocycles. The first-order valence-electron chi connectivity index (χ1n) is 7.21. The van der Waals surface area contributed by atoms with Gasteiger partial charge in [0, 0.05) is 23.5 Å². The molecular weight excluding hydrogens is 262 g/mol. The van der Waals surface area contributed by atoms with Gasteiger partial charge in [-0.15, -0.1) is 0 Å². The Kier molecular flexibility index (Phi) is 2.85. The molecule has 1 unspecified atom stereocenters. The van der Waals surface area contributed by atoms with E-state index < -0.39 is 0 Å². The fourth-order valence-electron chi connectivity index (χ4n) is 3.04. The van der Waals surface area contributed by atoms with E-state index in [0.717, 1.165) is 24.5 Å². The second-order valence-electron chi connectivity index (χ2n) is 5.44. The summed E-state index contributed by atoms with van der Waals surface area (Å²) in [6.45, 7) is 0.866. The SMILES string of the molecule is COc1ccc2c(ccn2CC2Cc3ccccc3O2)c1. The number of ether oxygens (including phenoxy) is 2.